The van der Waals surface area contributed by atoms with E-state index in [1.54, 1.807) is 18.3 Å². The van der Waals surface area contributed by atoms with Crippen LogP contribution in [0.2, 0.25) is 0 Å². The van der Waals surface area contributed by atoms with Crippen molar-refractivity contribution in [2.75, 3.05) is 10.6 Å². The molecule has 5 N–H and O–H groups in total. The minimum atomic E-state index is -3.81. The summed E-state index contributed by atoms with van der Waals surface area (Å²) in [4.78, 5) is 16.9. The number of nitrogens with one attached hydrogen (secondary N) is 3. The Kier molecular flexibility index (Phi) is 5.89. The zero-order valence-corrected chi connectivity index (χ0v) is 19.7. The molecule has 9 nitrogen and oxygen atoms in total. The number of aryl methyl sites for hydroxylation is 1. The maximum Gasteiger partial charge on any atom is 0.238 e. The lowest BCUT2D eigenvalue weighted by Gasteiger charge is -2.12. The molecule has 3 aromatic carbocycles. The molecule has 2 aromatic heterocycles. The van der Waals surface area contributed by atoms with Crippen LogP contribution in [0.25, 0.3) is 11.0 Å². The molecule has 0 aliphatic heterocycles. The summed E-state index contributed by atoms with van der Waals surface area (Å²) < 4.78 is 23.3. The molecule has 0 unspecified atom stereocenters. The lowest BCUT2D eigenvalue weighted by molar-refractivity contribution is 0.598. The van der Waals surface area contributed by atoms with Crippen molar-refractivity contribution in [3.05, 3.63) is 95.9 Å². The maximum absolute atomic E-state index is 11.6. The van der Waals surface area contributed by atoms with Crippen LogP contribution >= 0.6 is 0 Å². The standard InChI is InChI=1S/C25H23N7O2S/c1-16-15-27-25(29-19-8-5-9-20(14-19)35(26,33)34)32-24(16)28-18-7-4-6-17(12-18)13-23-30-21-10-2-3-11-22(21)31-23/h2-12,14-15H,13H2,1H3,(H,30,31)(H2,26,33,34)(H2,27,28,29,32). The van der Waals surface area contributed by atoms with Gasteiger partial charge in [0.25, 0.3) is 0 Å². The van der Waals surface area contributed by atoms with Crippen LogP contribution in [-0.2, 0) is 16.4 Å². The van der Waals surface area contributed by atoms with Gasteiger partial charge < -0.3 is 15.6 Å². The van der Waals surface area contributed by atoms with E-state index in [1.807, 2.05) is 43.3 Å². The fourth-order valence-corrected chi connectivity index (χ4v) is 4.25. The van der Waals surface area contributed by atoms with Gasteiger partial charge in [0.05, 0.1) is 15.9 Å². The number of rotatable bonds is 7. The van der Waals surface area contributed by atoms with E-state index in [9.17, 15) is 8.42 Å². The molecule has 5 aromatic rings. The Bertz CT molecular complexity index is 1600. The molecule has 0 bridgehead atoms. The predicted octanol–water partition coefficient (Wildman–Crippen LogP) is 4.39. The first-order chi connectivity index (χ1) is 16.8. The average molecular weight is 486 g/mol. The third-order valence-electron chi connectivity index (χ3n) is 5.39. The number of primary sulfonamides is 1. The molecule has 0 amide bonds. The summed E-state index contributed by atoms with van der Waals surface area (Å²) in [5.74, 6) is 1.85. The van der Waals surface area contributed by atoms with E-state index in [-0.39, 0.29) is 4.90 Å². The quantitative estimate of drug-likeness (QED) is 0.268. The first kappa shape index (κ1) is 22.5. The van der Waals surface area contributed by atoms with Crippen LogP contribution in [0.4, 0.5) is 23.1 Å². The summed E-state index contributed by atoms with van der Waals surface area (Å²) in [6.07, 6.45) is 2.36. The number of fused-ring (bicyclic) bond motifs is 1. The normalized spacial score (nSPS) is 11.5. The van der Waals surface area contributed by atoms with Crippen LogP contribution in [0.3, 0.4) is 0 Å². The molecular formula is C25H23N7O2S. The number of aromatic nitrogens is 4. The Balaban J connectivity index is 1.34. The molecule has 10 heteroatoms. The Hall–Kier alpha value is -4.28. The summed E-state index contributed by atoms with van der Waals surface area (Å²) in [5, 5.41) is 11.6. The van der Waals surface area contributed by atoms with Crippen molar-refractivity contribution in [1.29, 1.82) is 0 Å². The number of para-hydroxylation sites is 2. The van der Waals surface area contributed by atoms with Gasteiger partial charge in [-0.2, -0.15) is 4.98 Å². The predicted molar refractivity (Wildman–Crippen MR) is 136 cm³/mol. The Morgan fingerprint density at radius 1 is 0.914 bits per heavy atom. The lowest BCUT2D eigenvalue weighted by atomic mass is 10.1. The maximum atomic E-state index is 11.6. The molecule has 0 aliphatic carbocycles. The van der Waals surface area contributed by atoms with Crippen LogP contribution in [0.5, 0.6) is 0 Å². The number of hydrogen-bond acceptors (Lipinski definition) is 7. The number of hydrogen-bond donors (Lipinski definition) is 4. The number of anilines is 4. The van der Waals surface area contributed by atoms with E-state index in [1.165, 1.54) is 12.1 Å². The van der Waals surface area contributed by atoms with E-state index in [0.717, 1.165) is 33.7 Å². The van der Waals surface area contributed by atoms with Crippen LogP contribution < -0.4 is 15.8 Å². The zero-order valence-electron chi connectivity index (χ0n) is 18.9. The van der Waals surface area contributed by atoms with Crippen molar-refractivity contribution >= 4 is 44.2 Å². The van der Waals surface area contributed by atoms with Gasteiger partial charge >= 0.3 is 0 Å². The van der Waals surface area contributed by atoms with Crippen LogP contribution in [0.1, 0.15) is 17.0 Å². The molecule has 0 radical (unpaired) electrons. The number of aromatic amines is 1. The molecule has 0 fully saturated rings. The van der Waals surface area contributed by atoms with Crippen molar-refractivity contribution in [2.24, 2.45) is 5.14 Å². The summed E-state index contributed by atoms with van der Waals surface area (Å²) in [5.41, 5.74) is 5.31. The molecule has 5 rings (SSSR count). The highest BCUT2D eigenvalue weighted by molar-refractivity contribution is 7.89. The molecule has 0 spiro atoms. The average Bonchev–Trinajstić information content (AvgIpc) is 3.23. The topological polar surface area (TPSA) is 139 Å². The minimum absolute atomic E-state index is 0.00854. The fourth-order valence-electron chi connectivity index (χ4n) is 3.69. The van der Waals surface area contributed by atoms with Gasteiger partial charge in [-0.3, -0.25) is 0 Å². The number of benzene rings is 3. The molecule has 0 atom stereocenters. The molecule has 176 valence electrons. The Morgan fingerprint density at radius 2 is 1.69 bits per heavy atom. The summed E-state index contributed by atoms with van der Waals surface area (Å²) in [7, 11) is -3.81. The monoisotopic (exact) mass is 485 g/mol. The van der Waals surface area contributed by atoms with E-state index >= 15 is 0 Å². The first-order valence-electron chi connectivity index (χ1n) is 10.9. The molecule has 35 heavy (non-hydrogen) atoms. The highest BCUT2D eigenvalue weighted by Crippen LogP contribution is 2.23. The van der Waals surface area contributed by atoms with E-state index < -0.39 is 10.0 Å². The SMILES string of the molecule is Cc1cnc(Nc2cccc(S(N)(=O)=O)c2)nc1Nc1cccc(Cc2nc3ccccc3[nH]2)c1. The third-order valence-corrected chi connectivity index (χ3v) is 6.30. The highest BCUT2D eigenvalue weighted by Gasteiger charge is 2.10. The van der Waals surface area contributed by atoms with Gasteiger partial charge in [0.15, 0.2) is 0 Å². The van der Waals surface area contributed by atoms with Gasteiger partial charge in [0.1, 0.15) is 11.6 Å². The van der Waals surface area contributed by atoms with Crippen LogP contribution in [-0.4, -0.2) is 28.4 Å². The van der Waals surface area contributed by atoms with Crippen molar-refractivity contribution < 1.29 is 8.42 Å². The molecule has 0 aliphatic rings. The van der Waals surface area contributed by atoms with Gasteiger partial charge in [0, 0.05) is 29.6 Å². The molecule has 2 heterocycles. The lowest BCUT2D eigenvalue weighted by Crippen LogP contribution is -2.12. The summed E-state index contributed by atoms with van der Waals surface area (Å²) in [6, 6.07) is 22.2. The van der Waals surface area contributed by atoms with E-state index in [0.29, 0.717) is 23.9 Å². The fraction of sp³-hybridized carbons (Fsp3) is 0.0800. The van der Waals surface area contributed by atoms with Crippen LogP contribution in [0, 0.1) is 6.92 Å². The number of H-pyrrole nitrogens is 1. The Morgan fingerprint density at radius 3 is 2.49 bits per heavy atom. The molecular weight excluding hydrogens is 462 g/mol. The van der Waals surface area contributed by atoms with Gasteiger partial charge in [-0.25, -0.2) is 23.5 Å². The van der Waals surface area contributed by atoms with Crippen LogP contribution in [0.15, 0.2) is 83.9 Å². The third kappa shape index (κ3) is 5.29. The van der Waals surface area contributed by atoms with Crippen molar-refractivity contribution in [2.45, 2.75) is 18.2 Å². The largest absolute Gasteiger partial charge is 0.342 e. The Labute approximate surface area is 202 Å². The van der Waals surface area contributed by atoms with E-state index in [2.05, 4.69) is 42.7 Å². The smallest absolute Gasteiger partial charge is 0.238 e. The van der Waals surface area contributed by atoms with Crippen molar-refractivity contribution in [3.63, 3.8) is 0 Å². The second-order valence-electron chi connectivity index (χ2n) is 8.13. The minimum Gasteiger partial charge on any atom is -0.342 e. The second-order valence-corrected chi connectivity index (χ2v) is 9.69. The zero-order chi connectivity index (χ0) is 24.4. The molecule has 0 saturated heterocycles. The van der Waals surface area contributed by atoms with Crippen molar-refractivity contribution in [1.82, 2.24) is 19.9 Å². The van der Waals surface area contributed by atoms with Gasteiger partial charge in [0.2, 0.25) is 16.0 Å². The number of nitrogens with zero attached hydrogens (tertiary/aromatic N) is 3. The van der Waals surface area contributed by atoms with E-state index in [4.69, 9.17) is 5.14 Å². The summed E-state index contributed by atoms with van der Waals surface area (Å²) in [6.45, 7) is 1.91. The van der Waals surface area contributed by atoms with Gasteiger partial charge in [-0.15, -0.1) is 0 Å². The molecule has 0 saturated carbocycles. The number of imidazole rings is 1. The summed E-state index contributed by atoms with van der Waals surface area (Å²) >= 11 is 0. The number of nitrogens with two attached hydrogens (primary N) is 1. The number of sulfonamides is 1. The van der Waals surface area contributed by atoms with Gasteiger partial charge in [-0.05, 0) is 55.0 Å². The first-order valence-corrected chi connectivity index (χ1v) is 12.4. The van der Waals surface area contributed by atoms with Crippen molar-refractivity contribution in [3.8, 4) is 0 Å². The highest BCUT2D eigenvalue weighted by atomic mass is 32.2. The second kappa shape index (κ2) is 9.16. The van der Waals surface area contributed by atoms with Gasteiger partial charge in [-0.1, -0.05) is 30.3 Å².